The van der Waals surface area contributed by atoms with E-state index in [1.165, 1.54) is 6.42 Å². The van der Waals surface area contributed by atoms with Gasteiger partial charge in [-0.2, -0.15) is 8.42 Å². The summed E-state index contributed by atoms with van der Waals surface area (Å²) in [4.78, 5) is 37.0. The van der Waals surface area contributed by atoms with Gasteiger partial charge in [-0.15, -0.1) is 0 Å². The zero-order valence-corrected chi connectivity index (χ0v) is 22.5. The van der Waals surface area contributed by atoms with E-state index in [9.17, 15) is 18.0 Å². The molecule has 38 heavy (non-hydrogen) atoms. The molecule has 1 aliphatic carbocycles. The number of pyridine rings is 2. The van der Waals surface area contributed by atoms with E-state index in [2.05, 4.69) is 36.5 Å². The molecule has 1 saturated heterocycles. The third-order valence-electron chi connectivity index (χ3n) is 6.97. The summed E-state index contributed by atoms with van der Waals surface area (Å²) in [5.41, 5.74) is 5.82. The van der Waals surface area contributed by atoms with E-state index in [0.717, 1.165) is 60.7 Å². The lowest BCUT2D eigenvalue weighted by atomic mass is 9.81. The highest BCUT2D eigenvalue weighted by Crippen LogP contribution is 2.37. The van der Waals surface area contributed by atoms with Gasteiger partial charge in [0.05, 0.1) is 29.5 Å². The average molecular weight is 541 g/mol. The minimum atomic E-state index is -3.67. The number of anilines is 2. The van der Waals surface area contributed by atoms with Crippen LogP contribution in [0.25, 0.3) is 6.08 Å². The Bertz CT molecular complexity index is 1380. The number of carbonyl (C=O) groups excluding carboxylic acids is 2. The molecule has 3 N–H and O–H groups in total. The first-order valence-corrected chi connectivity index (χ1v) is 14.3. The van der Waals surface area contributed by atoms with Crippen molar-refractivity contribution in [3.63, 3.8) is 0 Å². The van der Waals surface area contributed by atoms with Crippen LogP contribution in [0.1, 0.15) is 47.9 Å². The van der Waals surface area contributed by atoms with Crippen LogP contribution in [0.2, 0.25) is 0 Å². The molecule has 2 atom stereocenters. The van der Waals surface area contributed by atoms with Gasteiger partial charge in [0.1, 0.15) is 11.4 Å². The second-order valence-electron chi connectivity index (χ2n) is 9.49. The number of allylic oxidation sites excluding steroid dienone is 1. The van der Waals surface area contributed by atoms with Crippen molar-refractivity contribution in [3.05, 3.63) is 58.8 Å². The van der Waals surface area contributed by atoms with Crippen LogP contribution in [0, 0.1) is 0 Å². The predicted molar refractivity (Wildman–Crippen MR) is 145 cm³/mol. The number of hydrogen-bond donors (Lipinski definition) is 3. The van der Waals surface area contributed by atoms with Gasteiger partial charge in [-0.1, -0.05) is 6.92 Å². The first kappa shape index (κ1) is 27.5. The van der Waals surface area contributed by atoms with Crippen LogP contribution in [-0.4, -0.2) is 78.2 Å². The summed E-state index contributed by atoms with van der Waals surface area (Å²) in [7, 11) is -2.05. The molecule has 5 rings (SSSR count). The van der Waals surface area contributed by atoms with Gasteiger partial charge in [0, 0.05) is 45.0 Å². The first-order valence-electron chi connectivity index (χ1n) is 12.4. The smallest absolute Gasteiger partial charge is 0.269 e. The Hall–Kier alpha value is -3.57. The minimum absolute atomic E-state index is 0.168. The van der Waals surface area contributed by atoms with Gasteiger partial charge in [-0.3, -0.25) is 19.2 Å². The van der Waals surface area contributed by atoms with Crippen LogP contribution in [-0.2, 0) is 21.5 Å². The molecule has 202 valence electrons. The summed E-state index contributed by atoms with van der Waals surface area (Å²) in [6.45, 7) is 4.71. The minimum Gasteiger partial charge on any atom is -0.364 e. The number of rotatable bonds is 5. The van der Waals surface area contributed by atoms with Crippen molar-refractivity contribution in [2.75, 3.05) is 36.6 Å². The molecule has 2 fully saturated rings. The molecule has 2 aromatic heterocycles. The Labute approximate surface area is 222 Å². The molecular formula is C26H32N6O5S. The molecule has 12 heteroatoms. The molecule has 0 unspecified atom stereocenters. The second kappa shape index (κ2) is 11.4. The van der Waals surface area contributed by atoms with Gasteiger partial charge in [0.2, 0.25) is 0 Å². The third-order valence-corrected chi connectivity index (χ3v) is 6.97. The van der Waals surface area contributed by atoms with Crippen molar-refractivity contribution in [1.82, 2.24) is 20.2 Å². The highest BCUT2D eigenvalue weighted by Gasteiger charge is 2.43. The van der Waals surface area contributed by atoms with Gasteiger partial charge in [-0.05, 0) is 54.7 Å². The van der Waals surface area contributed by atoms with E-state index in [4.69, 9.17) is 4.55 Å². The van der Waals surface area contributed by atoms with Crippen LogP contribution in [0.4, 0.5) is 11.4 Å². The van der Waals surface area contributed by atoms with Crippen molar-refractivity contribution in [2.24, 2.45) is 0 Å². The molecule has 1 saturated carbocycles. The highest BCUT2D eigenvalue weighted by molar-refractivity contribution is 7.85. The quantitative estimate of drug-likeness (QED) is 0.381. The van der Waals surface area contributed by atoms with E-state index in [0.29, 0.717) is 29.7 Å². The molecule has 3 aliphatic rings. The lowest BCUT2D eigenvalue weighted by Crippen LogP contribution is -2.64. The van der Waals surface area contributed by atoms with Crippen molar-refractivity contribution in [2.45, 2.75) is 44.8 Å². The molecule has 0 spiro atoms. The van der Waals surface area contributed by atoms with Crippen LogP contribution < -0.4 is 15.5 Å². The van der Waals surface area contributed by atoms with E-state index in [1.807, 2.05) is 37.4 Å². The van der Waals surface area contributed by atoms with Gasteiger partial charge in [-0.25, -0.2) is 9.78 Å². The Morgan fingerprint density at radius 3 is 2.53 bits per heavy atom. The molecule has 1 amide bonds. The van der Waals surface area contributed by atoms with Crippen molar-refractivity contribution >= 4 is 39.4 Å². The number of hydrogen-bond acceptors (Lipinski definition) is 9. The van der Waals surface area contributed by atoms with Crippen LogP contribution in [0.3, 0.4) is 0 Å². The maximum absolute atomic E-state index is 11.8. The largest absolute Gasteiger partial charge is 0.364 e. The topological polar surface area (TPSA) is 145 Å². The average Bonchev–Trinajstić information content (AvgIpc) is 2.87. The van der Waals surface area contributed by atoms with Gasteiger partial charge < -0.3 is 15.5 Å². The number of nitrogens with one attached hydrogen (secondary N) is 2. The van der Waals surface area contributed by atoms with E-state index in [-0.39, 0.29) is 5.91 Å². The Balaban J connectivity index is 0.000000617. The number of amides is 1. The zero-order valence-electron chi connectivity index (χ0n) is 21.6. The third kappa shape index (κ3) is 6.28. The Morgan fingerprint density at radius 1 is 1.21 bits per heavy atom. The van der Waals surface area contributed by atoms with Crippen molar-refractivity contribution in [3.8, 4) is 0 Å². The molecule has 2 aromatic rings. The second-order valence-corrected chi connectivity index (χ2v) is 11.0. The summed E-state index contributed by atoms with van der Waals surface area (Å²) in [5.74, 6) is 1.85. The molecular weight excluding hydrogens is 508 g/mol. The fourth-order valence-electron chi connectivity index (χ4n) is 5.03. The molecule has 0 bridgehead atoms. The van der Waals surface area contributed by atoms with Gasteiger partial charge >= 0.3 is 0 Å². The lowest BCUT2D eigenvalue weighted by Gasteiger charge is -2.54. The lowest BCUT2D eigenvalue weighted by molar-refractivity contribution is 0.0658. The highest BCUT2D eigenvalue weighted by atomic mass is 32.2. The monoisotopic (exact) mass is 540 g/mol. The maximum Gasteiger partial charge on any atom is 0.269 e. The van der Waals surface area contributed by atoms with Crippen molar-refractivity contribution < 1.29 is 22.6 Å². The van der Waals surface area contributed by atoms with Crippen LogP contribution in [0.5, 0.6) is 0 Å². The molecule has 0 radical (unpaired) electrons. The number of carbonyl (C=O) groups is 1. The summed E-state index contributed by atoms with van der Waals surface area (Å²) in [5, 5.41) is 5.82. The van der Waals surface area contributed by atoms with E-state index < -0.39 is 10.1 Å². The number of piperazine rings is 1. The predicted octanol–water partition coefficient (Wildman–Crippen LogP) is 2.13. The standard InChI is InChI=1S/C25H28N6O2.CH4O3S/c1-3-17-11-20-21(29-22(17)15-32)10-16(12-27-20)14-30-8-9-31(24-7-6-23(24)30)18-4-5-19(28-13-18)25(33)26-2;1-5(2,3)4/h4-5,10-13,23-24,29H,3,6-9,14H2,1-2H3,(H,26,33);1H3,(H,2,3,4)/t23-,24+;/m1./s1. The molecule has 4 heterocycles. The number of fused-ring (bicyclic) bond motifs is 2. The zero-order chi connectivity index (χ0) is 27.4. The van der Waals surface area contributed by atoms with E-state index in [1.54, 1.807) is 13.1 Å². The van der Waals surface area contributed by atoms with Crippen molar-refractivity contribution in [1.29, 1.82) is 0 Å². The molecule has 11 nitrogen and oxygen atoms in total. The number of aromatic nitrogens is 2. The van der Waals surface area contributed by atoms with Crippen LogP contribution in [0.15, 0.2) is 41.9 Å². The summed E-state index contributed by atoms with van der Waals surface area (Å²) >= 11 is 0. The normalized spacial score (nSPS) is 20.4. The van der Waals surface area contributed by atoms with E-state index >= 15 is 0 Å². The number of nitrogens with zero attached hydrogens (tertiary/aromatic N) is 4. The Morgan fingerprint density at radius 2 is 1.95 bits per heavy atom. The summed E-state index contributed by atoms with van der Waals surface area (Å²) in [6, 6.07) is 6.83. The molecule has 0 aromatic carbocycles. The molecule has 2 aliphatic heterocycles. The summed E-state index contributed by atoms with van der Waals surface area (Å²) < 4.78 is 25.9. The maximum atomic E-state index is 11.8. The first-order chi connectivity index (χ1) is 18.1. The SMILES string of the molecule is CCC1=Cc2ncc(CN3CCN(c4ccc(C(=O)NC)nc4)[C@H]4CC[C@H]43)cc2NC1=C=O.CS(=O)(=O)O. The van der Waals surface area contributed by atoms with Gasteiger partial charge in [0.25, 0.3) is 16.0 Å². The fraction of sp³-hybridized carbons (Fsp3) is 0.423. The fourth-order valence-corrected chi connectivity index (χ4v) is 5.03. The Kier molecular flexibility index (Phi) is 8.27. The van der Waals surface area contributed by atoms with Crippen LogP contribution >= 0.6 is 0 Å². The van der Waals surface area contributed by atoms with Gasteiger partial charge in [0.15, 0.2) is 5.94 Å². The summed E-state index contributed by atoms with van der Waals surface area (Å²) in [6.07, 6.45) is 9.53.